The van der Waals surface area contributed by atoms with Gasteiger partial charge >= 0.3 is 0 Å². The number of amides is 1. The fourth-order valence-corrected chi connectivity index (χ4v) is 5.08. The van der Waals surface area contributed by atoms with Crippen LogP contribution in [0.5, 0.6) is 0 Å². The van der Waals surface area contributed by atoms with Gasteiger partial charge in [-0.15, -0.1) is 11.3 Å². The maximum Gasteiger partial charge on any atom is 0.255 e. The molecule has 1 aliphatic heterocycles. The van der Waals surface area contributed by atoms with Gasteiger partial charge in [-0.1, -0.05) is 6.92 Å². The number of benzene rings is 1. The van der Waals surface area contributed by atoms with Crippen molar-refractivity contribution in [1.82, 2.24) is 4.90 Å². The predicted octanol–water partition coefficient (Wildman–Crippen LogP) is 3.97. The molecule has 2 heterocycles. The van der Waals surface area contributed by atoms with Crippen LogP contribution < -0.4 is 4.90 Å². The molecule has 2 aromatic rings. The van der Waals surface area contributed by atoms with Gasteiger partial charge in [-0.2, -0.15) is 0 Å². The average Bonchev–Trinajstić information content (AvgIpc) is 3.05. The molecule has 1 aromatic carbocycles. The van der Waals surface area contributed by atoms with E-state index >= 15 is 0 Å². The van der Waals surface area contributed by atoms with Gasteiger partial charge in [0.1, 0.15) is 5.82 Å². The van der Waals surface area contributed by atoms with Gasteiger partial charge in [0.2, 0.25) is 0 Å². The van der Waals surface area contributed by atoms with Crippen molar-refractivity contribution < 1.29 is 9.18 Å². The Hall–Kier alpha value is -1.88. The summed E-state index contributed by atoms with van der Waals surface area (Å²) >= 11 is 1.75. The largest absolute Gasteiger partial charge is 0.368 e. The SMILES string of the molecule is C[C@@H]1CCc2c(C(=O)N3CCN(c4ccc(F)cc4)CC3)csc2C1. The number of thiophene rings is 1. The number of anilines is 1. The average molecular weight is 358 g/mol. The highest BCUT2D eigenvalue weighted by molar-refractivity contribution is 7.10. The van der Waals surface area contributed by atoms with Crippen LogP contribution in [0.3, 0.4) is 0 Å². The Morgan fingerprint density at radius 2 is 1.88 bits per heavy atom. The maximum absolute atomic E-state index is 13.1. The van der Waals surface area contributed by atoms with E-state index in [1.54, 1.807) is 11.3 Å². The highest BCUT2D eigenvalue weighted by Crippen LogP contribution is 2.33. The second-order valence-electron chi connectivity index (χ2n) is 7.15. The molecule has 0 saturated carbocycles. The third-order valence-corrected chi connectivity index (χ3v) is 6.44. The molecule has 0 spiro atoms. The molecule has 25 heavy (non-hydrogen) atoms. The fraction of sp³-hybridized carbons (Fsp3) is 0.450. The summed E-state index contributed by atoms with van der Waals surface area (Å²) in [5, 5.41) is 2.07. The summed E-state index contributed by atoms with van der Waals surface area (Å²) in [5.74, 6) is 0.702. The number of rotatable bonds is 2. The van der Waals surface area contributed by atoms with E-state index in [-0.39, 0.29) is 11.7 Å². The Kier molecular flexibility index (Phi) is 4.50. The number of carbonyl (C=O) groups is 1. The number of carbonyl (C=O) groups excluding carboxylic acids is 1. The Balaban J connectivity index is 1.43. The van der Waals surface area contributed by atoms with Crippen LogP contribution in [0.2, 0.25) is 0 Å². The lowest BCUT2D eigenvalue weighted by molar-refractivity contribution is 0.0746. The van der Waals surface area contributed by atoms with Gasteiger partial charge in [0.15, 0.2) is 0 Å². The van der Waals surface area contributed by atoms with Crippen molar-refractivity contribution in [3.63, 3.8) is 0 Å². The normalized spacial score (nSPS) is 20.5. The van der Waals surface area contributed by atoms with Crippen LogP contribution in [-0.4, -0.2) is 37.0 Å². The lowest BCUT2D eigenvalue weighted by atomic mass is 9.88. The molecule has 0 radical (unpaired) electrons. The molecule has 1 atom stereocenters. The molecular formula is C20H23FN2OS. The molecule has 0 unspecified atom stereocenters. The molecule has 4 rings (SSSR count). The van der Waals surface area contributed by atoms with Crippen molar-refractivity contribution in [2.75, 3.05) is 31.1 Å². The van der Waals surface area contributed by atoms with Crippen molar-refractivity contribution in [3.8, 4) is 0 Å². The number of piperazine rings is 1. The summed E-state index contributed by atoms with van der Waals surface area (Å²) in [6.07, 6.45) is 3.34. The van der Waals surface area contributed by atoms with Crippen LogP contribution in [0.25, 0.3) is 0 Å². The quantitative estimate of drug-likeness (QED) is 0.811. The number of halogens is 1. The van der Waals surface area contributed by atoms with E-state index in [0.29, 0.717) is 0 Å². The van der Waals surface area contributed by atoms with Crippen molar-refractivity contribution in [3.05, 3.63) is 51.5 Å². The standard InChI is InChI=1S/C20H23FN2OS/c1-14-2-7-17-18(13-25-19(17)12-14)20(24)23-10-8-22(9-11-23)16-5-3-15(21)4-6-16/h3-6,13-14H,2,7-12H2,1H3/t14-/m1/s1. The molecule has 0 bridgehead atoms. The minimum atomic E-state index is -0.214. The van der Waals surface area contributed by atoms with Gasteiger partial charge in [0.05, 0.1) is 5.56 Å². The number of fused-ring (bicyclic) bond motifs is 1. The van der Waals surface area contributed by atoms with E-state index in [4.69, 9.17) is 0 Å². The summed E-state index contributed by atoms with van der Waals surface area (Å²) in [6.45, 7) is 5.31. The molecule has 5 heteroatoms. The predicted molar refractivity (Wildman–Crippen MR) is 100 cm³/mol. The highest BCUT2D eigenvalue weighted by Gasteiger charge is 2.28. The molecule has 0 N–H and O–H groups in total. The maximum atomic E-state index is 13.1. The molecule has 132 valence electrons. The zero-order valence-corrected chi connectivity index (χ0v) is 15.3. The Labute approximate surface area is 152 Å². The molecule has 1 fully saturated rings. The Morgan fingerprint density at radius 3 is 2.60 bits per heavy atom. The third kappa shape index (κ3) is 3.30. The summed E-state index contributed by atoms with van der Waals surface area (Å²) in [6, 6.07) is 6.60. The van der Waals surface area contributed by atoms with E-state index < -0.39 is 0 Å². The fourth-order valence-electron chi connectivity index (χ4n) is 3.85. The lowest BCUT2D eigenvalue weighted by Gasteiger charge is -2.36. The van der Waals surface area contributed by atoms with Crippen molar-refractivity contribution in [2.24, 2.45) is 5.92 Å². The number of nitrogens with zero attached hydrogens (tertiary/aromatic N) is 2. The Bertz CT molecular complexity index is 763. The molecule has 2 aliphatic rings. The highest BCUT2D eigenvalue weighted by atomic mass is 32.1. The smallest absolute Gasteiger partial charge is 0.255 e. The van der Waals surface area contributed by atoms with Crippen molar-refractivity contribution in [1.29, 1.82) is 0 Å². The van der Waals surface area contributed by atoms with Crippen LogP contribution in [0.15, 0.2) is 29.6 Å². The van der Waals surface area contributed by atoms with Crippen LogP contribution in [-0.2, 0) is 12.8 Å². The van der Waals surface area contributed by atoms with Gasteiger partial charge in [-0.3, -0.25) is 4.79 Å². The monoisotopic (exact) mass is 358 g/mol. The van der Waals surface area contributed by atoms with Crippen molar-refractivity contribution >= 4 is 22.9 Å². The first-order valence-electron chi connectivity index (χ1n) is 9.01. The van der Waals surface area contributed by atoms with Crippen LogP contribution >= 0.6 is 11.3 Å². The molecule has 1 aliphatic carbocycles. The van der Waals surface area contributed by atoms with E-state index in [1.165, 1.54) is 29.0 Å². The zero-order chi connectivity index (χ0) is 17.4. The topological polar surface area (TPSA) is 23.6 Å². The summed E-state index contributed by atoms with van der Waals surface area (Å²) in [4.78, 5) is 18.6. The van der Waals surface area contributed by atoms with E-state index in [0.717, 1.165) is 56.2 Å². The molecule has 1 amide bonds. The van der Waals surface area contributed by atoms with Crippen LogP contribution in [0.4, 0.5) is 10.1 Å². The van der Waals surface area contributed by atoms with E-state index in [9.17, 15) is 9.18 Å². The van der Waals surface area contributed by atoms with Gasteiger partial charge in [-0.05, 0) is 55.0 Å². The first-order valence-corrected chi connectivity index (χ1v) is 9.89. The Morgan fingerprint density at radius 1 is 1.16 bits per heavy atom. The first-order chi connectivity index (χ1) is 12.1. The van der Waals surface area contributed by atoms with Crippen molar-refractivity contribution in [2.45, 2.75) is 26.2 Å². The molecule has 1 aromatic heterocycles. The first kappa shape index (κ1) is 16.6. The summed E-state index contributed by atoms with van der Waals surface area (Å²) < 4.78 is 13.1. The van der Waals surface area contributed by atoms with Gasteiger partial charge in [0, 0.05) is 42.1 Å². The molecular weight excluding hydrogens is 335 g/mol. The van der Waals surface area contributed by atoms with E-state index in [1.807, 2.05) is 17.0 Å². The van der Waals surface area contributed by atoms with Gasteiger partial charge in [0.25, 0.3) is 5.91 Å². The van der Waals surface area contributed by atoms with Crippen LogP contribution in [0.1, 0.15) is 34.1 Å². The molecule has 1 saturated heterocycles. The third-order valence-electron chi connectivity index (χ3n) is 5.39. The minimum absolute atomic E-state index is 0.186. The summed E-state index contributed by atoms with van der Waals surface area (Å²) in [5.41, 5.74) is 3.26. The minimum Gasteiger partial charge on any atom is -0.368 e. The number of hydrogen-bond acceptors (Lipinski definition) is 3. The van der Waals surface area contributed by atoms with Gasteiger partial charge < -0.3 is 9.80 Å². The summed E-state index contributed by atoms with van der Waals surface area (Å²) in [7, 11) is 0. The second-order valence-corrected chi connectivity index (χ2v) is 8.12. The van der Waals surface area contributed by atoms with Gasteiger partial charge in [-0.25, -0.2) is 4.39 Å². The molecule has 3 nitrogen and oxygen atoms in total. The second kappa shape index (κ2) is 6.79. The lowest BCUT2D eigenvalue weighted by Crippen LogP contribution is -2.49. The van der Waals surface area contributed by atoms with E-state index in [2.05, 4.69) is 17.2 Å². The van der Waals surface area contributed by atoms with Crippen LogP contribution in [0, 0.1) is 11.7 Å². The number of hydrogen-bond donors (Lipinski definition) is 0. The zero-order valence-electron chi connectivity index (χ0n) is 14.5.